The van der Waals surface area contributed by atoms with Crippen molar-refractivity contribution in [3.8, 4) is 46.0 Å². The monoisotopic (exact) mass is 758 g/mol. The molecular weight excluding hydrogens is 724 g/mol. The lowest BCUT2D eigenvalue weighted by Gasteiger charge is -2.32. The summed E-state index contributed by atoms with van der Waals surface area (Å²) in [6.07, 6.45) is 0. The zero-order chi connectivity index (χ0) is 39.8. The molecule has 0 bridgehead atoms. The minimum atomic E-state index is -1.80. The molecule has 0 fully saturated rings. The van der Waals surface area contributed by atoms with E-state index in [9.17, 15) is 20.4 Å². The van der Waals surface area contributed by atoms with Crippen molar-refractivity contribution in [1.29, 1.82) is 0 Å². The van der Waals surface area contributed by atoms with Gasteiger partial charge in [0.25, 0.3) is 0 Å². The van der Waals surface area contributed by atoms with Crippen LogP contribution >= 0.6 is 0 Å². The normalized spacial score (nSPS) is 11.7. The summed E-state index contributed by atoms with van der Waals surface area (Å²) in [7, 11) is 0. The Bertz CT molecular complexity index is 2190. The third-order valence-electron chi connectivity index (χ3n) is 10.3. The van der Waals surface area contributed by atoms with Gasteiger partial charge in [-0.2, -0.15) is 17.6 Å². The van der Waals surface area contributed by atoms with Crippen LogP contribution in [-0.2, 0) is 10.8 Å². The van der Waals surface area contributed by atoms with Gasteiger partial charge in [0.1, 0.15) is 34.5 Å². The molecule has 282 valence electrons. The molecule has 0 amide bonds. The van der Waals surface area contributed by atoms with Crippen LogP contribution in [0.3, 0.4) is 0 Å². The number of halogens is 4. The highest BCUT2D eigenvalue weighted by atomic mass is 19.2. The van der Waals surface area contributed by atoms with Crippen molar-refractivity contribution in [3.05, 3.63) is 202 Å². The molecule has 0 saturated carbocycles. The van der Waals surface area contributed by atoms with Gasteiger partial charge in [-0.05, 0) is 120 Å². The van der Waals surface area contributed by atoms with Crippen LogP contribution in [0, 0.1) is 23.3 Å². The van der Waals surface area contributed by atoms with Gasteiger partial charge in [-0.1, -0.05) is 72.8 Å². The molecule has 0 aliphatic rings. The Kier molecular flexibility index (Phi) is 9.82. The summed E-state index contributed by atoms with van der Waals surface area (Å²) in [6, 6.07) is 38.4. The second kappa shape index (κ2) is 14.7. The van der Waals surface area contributed by atoms with Crippen LogP contribution in [0.15, 0.2) is 146 Å². The zero-order valence-corrected chi connectivity index (χ0v) is 30.0. The van der Waals surface area contributed by atoms with E-state index in [0.29, 0.717) is 11.1 Å². The summed E-state index contributed by atoms with van der Waals surface area (Å²) >= 11 is 0. The lowest BCUT2D eigenvalue weighted by molar-refractivity contribution is 0.330. The minimum absolute atomic E-state index is 0.0693. The Morgan fingerprint density at radius 1 is 0.321 bits per heavy atom. The van der Waals surface area contributed by atoms with Gasteiger partial charge in [0, 0.05) is 10.8 Å². The van der Waals surface area contributed by atoms with Gasteiger partial charge in [0.2, 0.25) is 34.8 Å². The fourth-order valence-corrected chi connectivity index (χ4v) is 6.90. The molecule has 4 N–H and O–H groups in total. The van der Waals surface area contributed by atoms with Gasteiger partial charge in [0.15, 0.2) is 0 Å². The van der Waals surface area contributed by atoms with Crippen molar-refractivity contribution in [1.82, 2.24) is 0 Å². The molecule has 7 aromatic carbocycles. The maximum Gasteiger partial charge on any atom is 0.208 e. The van der Waals surface area contributed by atoms with E-state index in [1.807, 2.05) is 13.8 Å². The lowest BCUT2D eigenvalue weighted by atomic mass is 9.71. The van der Waals surface area contributed by atoms with E-state index in [0.717, 1.165) is 22.3 Å². The van der Waals surface area contributed by atoms with Crippen molar-refractivity contribution in [2.24, 2.45) is 0 Å². The highest BCUT2D eigenvalue weighted by Crippen LogP contribution is 2.44. The number of ether oxygens (including phenoxy) is 2. The van der Waals surface area contributed by atoms with Crippen LogP contribution in [0.4, 0.5) is 17.6 Å². The van der Waals surface area contributed by atoms with Crippen LogP contribution in [-0.4, -0.2) is 20.4 Å². The number of rotatable bonds is 10. The van der Waals surface area contributed by atoms with Gasteiger partial charge >= 0.3 is 0 Å². The summed E-state index contributed by atoms with van der Waals surface area (Å²) in [6.45, 7) is 3.84. The van der Waals surface area contributed by atoms with Crippen molar-refractivity contribution in [2.75, 3.05) is 0 Å². The summed E-state index contributed by atoms with van der Waals surface area (Å²) in [5, 5.41) is 39.6. The second-order valence-corrected chi connectivity index (χ2v) is 13.6. The quantitative estimate of drug-likeness (QED) is 0.0630. The molecule has 0 saturated heterocycles. The van der Waals surface area contributed by atoms with Crippen molar-refractivity contribution in [3.63, 3.8) is 0 Å². The fourth-order valence-electron chi connectivity index (χ4n) is 6.90. The summed E-state index contributed by atoms with van der Waals surface area (Å²) < 4.78 is 72.6. The standard InChI is InChI=1S/C46H34F4O6/c1-45(27-3-15-33(51)16-4-27,28-5-17-34(52)18-6-28)31-11-23-37(24-12-31)55-43-39(47)41(49)44(42(50)40(43)48)56-38-25-13-32(14-26-38)46(2,29-7-19-35(53)20-8-29)30-9-21-36(54)22-10-30/h3-26,51-54H,1-2H3. The minimum Gasteiger partial charge on any atom is -0.508 e. The number of aromatic hydroxyl groups is 4. The summed E-state index contributed by atoms with van der Waals surface area (Å²) in [4.78, 5) is 0. The molecule has 0 heterocycles. The van der Waals surface area contributed by atoms with Crippen LogP contribution in [0.5, 0.6) is 46.0 Å². The molecule has 56 heavy (non-hydrogen) atoms. The number of phenolic OH excluding ortho intramolecular Hbond substituents is 4. The zero-order valence-electron chi connectivity index (χ0n) is 30.0. The Hall–Kier alpha value is -6.94. The molecule has 0 aromatic heterocycles. The van der Waals surface area contributed by atoms with Crippen molar-refractivity contribution < 1.29 is 47.5 Å². The van der Waals surface area contributed by atoms with Gasteiger partial charge in [0.05, 0.1) is 0 Å². The van der Waals surface area contributed by atoms with E-state index < -0.39 is 45.6 Å². The first-order valence-electron chi connectivity index (χ1n) is 17.4. The van der Waals surface area contributed by atoms with E-state index >= 15 is 17.6 Å². The number of phenols is 4. The number of hydrogen-bond acceptors (Lipinski definition) is 6. The topological polar surface area (TPSA) is 99.4 Å². The van der Waals surface area contributed by atoms with Crippen molar-refractivity contribution in [2.45, 2.75) is 24.7 Å². The fraction of sp³-hybridized carbons (Fsp3) is 0.0870. The lowest BCUT2D eigenvalue weighted by Crippen LogP contribution is -2.25. The van der Waals surface area contributed by atoms with Crippen LogP contribution < -0.4 is 9.47 Å². The van der Waals surface area contributed by atoms with Crippen LogP contribution in [0.2, 0.25) is 0 Å². The Morgan fingerprint density at radius 3 is 0.696 bits per heavy atom. The van der Waals surface area contributed by atoms with Gasteiger partial charge in [-0.15, -0.1) is 0 Å². The smallest absolute Gasteiger partial charge is 0.208 e. The third kappa shape index (κ3) is 6.81. The van der Waals surface area contributed by atoms with Crippen molar-refractivity contribution >= 4 is 0 Å². The molecule has 0 unspecified atom stereocenters. The first-order chi connectivity index (χ1) is 26.8. The van der Waals surface area contributed by atoms with Gasteiger partial charge in [-0.3, -0.25) is 0 Å². The highest BCUT2D eigenvalue weighted by Gasteiger charge is 2.34. The average Bonchev–Trinajstić information content (AvgIpc) is 3.21. The molecule has 10 heteroatoms. The Labute approximate surface area is 319 Å². The molecule has 7 rings (SSSR count). The van der Waals surface area contributed by atoms with Crippen LogP contribution in [0.1, 0.15) is 47.2 Å². The molecule has 0 radical (unpaired) electrons. The molecule has 0 aliphatic heterocycles. The Balaban J connectivity index is 1.16. The maximum atomic E-state index is 15.5. The number of benzene rings is 7. The third-order valence-corrected chi connectivity index (χ3v) is 10.3. The number of hydrogen-bond donors (Lipinski definition) is 4. The van der Waals surface area contributed by atoms with Crippen LogP contribution in [0.25, 0.3) is 0 Å². The average molecular weight is 759 g/mol. The molecule has 0 aliphatic carbocycles. The SMILES string of the molecule is CC(c1ccc(O)cc1)(c1ccc(O)cc1)c1ccc(Oc2c(F)c(F)c(Oc3ccc(C(C)(c4ccc(O)cc4)c4ccc(O)cc4)cc3)c(F)c2F)cc1. The first-order valence-corrected chi connectivity index (χ1v) is 17.4. The molecule has 0 spiro atoms. The van der Waals surface area contributed by atoms with E-state index in [4.69, 9.17) is 9.47 Å². The van der Waals surface area contributed by atoms with Gasteiger partial charge in [-0.25, -0.2) is 0 Å². The largest absolute Gasteiger partial charge is 0.508 e. The molecule has 6 nitrogen and oxygen atoms in total. The van der Waals surface area contributed by atoms with E-state index in [1.165, 1.54) is 72.8 Å². The highest BCUT2D eigenvalue weighted by molar-refractivity contribution is 5.54. The summed E-state index contributed by atoms with van der Waals surface area (Å²) in [5.74, 6) is -9.75. The summed E-state index contributed by atoms with van der Waals surface area (Å²) in [5.41, 5.74) is 2.86. The molecule has 7 aromatic rings. The second-order valence-electron chi connectivity index (χ2n) is 13.6. The molecule has 0 atom stereocenters. The first kappa shape index (κ1) is 37.4. The predicted octanol–water partition coefficient (Wildman–Crippen LogP) is 11.4. The van der Waals surface area contributed by atoms with E-state index in [-0.39, 0.29) is 34.5 Å². The van der Waals surface area contributed by atoms with Gasteiger partial charge < -0.3 is 29.9 Å². The Morgan fingerprint density at radius 2 is 0.500 bits per heavy atom. The van der Waals surface area contributed by atoms with E-state index in [2.05, 4.69) is 0 Å². The van der Waals surface area contributed by atoms with E-state index in [1.54, 1.807) is 72.8 Å². The predicted molar refractivity (Wildman–Crippen MR) is 203 cm³/mol. The maximum absolute atomic E-state index is 15.5. The molecular formula is C46H34F4O6.